The average molecular weight is 475 g/mol. The van der Waals surface area contributed by atoms with E-state index >= 15 is 0 Å². The standard InChI is InChI=1S/C20H18ClF3N2O6/c1-11(2)17(25-18(27)15-8-5-13(26(29)30)9-16(15)21)19(28)31-10-12-3-6-14(7-4-12)32-20(22,23)24/h3-9,11,17H,10H2,1-2H3,(H,25,27)/t17-/m0/s1. The summed E-state index contributed by atoms with van der Waals surface area (Å²) in [4.78, 5) is 35.1. The van der Waals surface area contributed by atoms with Crippen LogP contribution in [0.5, 0.6) is 5.75 Å². The van der Waals surface area contributed by atoms with E-state index in [1.165, 1.54) is 18.2 Å². The van der Waals surface area contributed by atoms with Crippen LogP contribution in [0.2, 0.25) is 5.02 Å². The molecule has 2 aromatic rings. The van der Waals surface area contributed by atoms with Gasteiger partial charge < -0.3 is 14.8 Å². The number of halogens is 4. The Bertz CT molecular complexity index is 996. The molecule has 1 atom stereocenters. The third kappa shape index (κ3) is 7.12. The first-order valence-corrected chi connectivity index (χ1v) is 9.51. The number of nitrogens with one attached hydrogen (secondary N) is 1. The second kappa shape index (κ2) is 10.3. The monoisotopic (exact) mass is 474 g/mol. The summed E-state index contributed by atoms with van der Waals surface area (Å²) in [6.07, 6.45) is -4.82. The molecule has 2 aromatic carbocycles. The van der Waals surface area contributed by atoms with Gasteiger partial charge in [0.05, 0.1) is 15.5 Å². The van der Waals surface area contributed by atoms with Crippen LogP contribution in [0.4, 0.5) is 18.9 Å². The number of rotatable bonds is 8. The second-order valence-electron chi connectivity index (χ2n) is 6.92. The summed E-state index contributed by atoms with van der Waals surface area (Å²) in [6, 6.07) is 6.98. The highest BCUT2D eigenvalue weighted by Crippen LogP contribution is 2.24. The molecule has 0 aliphatic rings. The molecule has 0 heterocycles. The molecule has 1 N–H and O–H groups in total. The van der Waals surface area contributed by atoms with Crippen LogP contribution in [-0.2, 0) is 16.1 Å². The maximum atomic E-state index is 12.5. The first-order valence-electron chi connectivity index (χ1n) is 9.13. The van der Waals surface area contributed by atoms with Crippen LogP contribution in [0.1, 0.15) is 29.8 Å². The summed E-state index contributed by atoms with van der Waals surface area (Å²) in [5.74, 6) is -2.30. The molecule has 0 fully saturated rings. The van der Waals surface area contributed by atoms with Crippen molar-refractivity contribution in [1.29, 1.82) is 0 Å². The minimum absolute atomic E-state index is 0.0593. The molecular formula is C20H18ClF3N2O6. The third-order valence-corrected chi connectivity index (χ3v) is 4.47. The molecule has 8 nitrogen and oxygen atoms in total. The van der Waals surface area contributed by atoms with Gasteiger partial charge in [0.2, 0.25) is 0 Å². The molecule has 0 aromatic heterocycles. The molecule has 0 bridgehead atoms. The van der Waals surface area contributed by atoms with Gasteiger partial charge in [0.15, 0.2) is 0 Å². The van der Waals surface area contributed by atoms with Gasteiger partial charge in [-0.1, -0.05) is 37.6 Å². The topological polar surface area (TPSA) is 108 Å². The zero-order chi connectivity index (χ0) is 24.1. The molecule has 12 heteroatoms. The number of non-ortho nitro benzene ring substituents is 1. The molecule has 1 amide bonds. The lowest BCUT2D eigenvalue weighted by atomic mass is 10.0. The molecule has 2 rings (SSSR count). The Labute approximate surface area is 185 Å². The lowest BCUT2D eigenvalue weighted by Crippen LogP contribution is -2.45. The number of carbonyl (C=O) groups excluding carboxylic acids is 2. The molecule has 32 heavy (non-hydrogen) atoms. The number of nitrogens with zero attached hydrogens (tertiary/aromatic N) is 1. The van der Waals surface area contributed by atoms with E-state index in [-0.39, 0.29) is 28.8 Å². The maximum absolute atomic E-state index is 12.5. The highest BCUT2D eigenvalue weighted by molar-refractivity contribution is 6.34. The summed E-state index contributed by atoms with van der Waals surface area (Å²) in [5, 5.41) is 13.1. The number of alkyl halides is 3. The van der Waals surface area contributed by atoms with E-state index in [4.69, 9.17) is 16.3 Å². The highest BCUT2D eigenvalue weighted by atomic mass is 35.5. The number of esters is 1. The van der Waals surface area contributed by atoms with Crippen LogP contribution in [0.15, 0.2) is 42.5 Å². The molecule has 172 valence electrons. The van der Waals surface area contributed by atoms with Crippen molar-refractivity contribution < 1.29 is 37.2 Å². The van der Waals surface area contributed by atoms with Gasteiger partial charge in [0, 0.05) is 12.1 Å². The third-order valence-electron chi connectivity index (χ3n) is 4.15. The van der Waals surface area contributed by atoms with Crippen LogP contribution >= 0.6 is 11.6 Å². The minimum Gasteiger partial charge on any atom is -0.459 e. The highest BCUT2D eigenvalue weighted by Gasteiger charge is 2.31. The van der Waals surface area contributed by atoms with E-state index in [1.807, 2.05) is 0 Å². The minimum atomic E-state index is -4.82. The number of nitro groups is 1. The number of amides is 1. The number of benzene rings is 2. The van der Waals surface area contributed by atoms with E-state index in [1.54, 1.807) is 13.8 Å². The lowest BCUT2D eigenvalue weighted by molar-refractivity contribution is -0.384. The SMILES string of the molecule is CC(C)[C@H](NC(=O)c1ccc([N+](=O)[O-])cc1Cl)C(=O)OCc1ccc(OC(F)(F)F)cc1. The van der Waals surface area contributed by atoms with E-state index in [2.05, 4.69) is 10.1 Å². The van der Waals surface area contributed by atoms with E-state index in [9.17, 15) is 32.9 Å². The Morgan fingerprint density at radius 3 is 2.28 bits per heavy atom. The smallest absolute Gasteiger partial charge is 0.459 e. The van der Waals surface area contributed by atoms with Crippen LogP contribution in [0.3, 0.4) is 0 Å². The fourth-order valence-electron chi connectivity index (χ4n) is 2.55. The summed E-state index contributed by atoms with van der Waals surface area (Å²) in [5.41, 5.74) is 0.0501. The van der Waals surface area contributed by atoms with Crippen molar-refractivity contribution in [3.8, 4) is 5.75 Å². The molecule has 0 unspecified atom stereocenters. The zero-order valence-corrected chi connectivity index (χ0v) is 17.6. The number of carbonyl (C=O) groups is 2. The van der Waals surface area contributed by atoms with Crippen LogP contribution in [-0.4, -0.2) is 29.2 Å². The summed E-state index contributed by atoms with van der Waals surface area (Å²) in [7, 11) is 0. The van der Waals surface area contributed by atoms with Gasteiger partial charge >= 0.3 is 12.3 Å². The summed E-state index contributed by atoms with van der Waals surface area (Å²) < 4.78 is 45.5. The number of nitro benzene ring substituents is 1. The Morgan fingerprint density at radius 1 is 1.16 bits per heavy atom. The van der Waals surface area contributed by atoms with Gasteiger partial charge in [-0.3, -0.25) is 14.9 Å². The van der Waals surface area contributed by atoms with Crippen molar-refractivity contribution >= 4 is 29.2 Å². The fraction of sp³-hybridized carbons (Fsp3) is 0.300. The average Bonchev–Trinajstić information content (AvgIpc) is 2.69. The first kappa shape index (κ1) is 24.9. The van der Waals surface area contributed by atoms with Gasteiger partial charge in [0.1, 0.15) is 18.4 Å². The van der Waals surface area contributed by atoms with Crippen molar-refractivity contribution in [3.63, 3.8) is 0 Å². The lowest BCUT2D eigenvalue weighted by Gasteiger charge is -2.21. The molecule has 0 aliphatic heterocycles. The Kier molecular flexibility index (Phi) is 8.03. The molecule has 0 radical (unpaired) electrons. The number of hydrogen-bond donors (Lipinski definition) is 1. The van der Waals surface area contributed by atoms with Crippen molar-refractivity contribution in [2.24, 2.45) is 5.92 Å². The van der Waals surface area contributed by atoms with Gasteiger partial charge in [0.25, 0.3) is 11.6 Å². The van der Waals surface area contributed by atoms with Crippen molar-refractivity contribution in [1.82, 2.24) is 5.32 Å². The van der Waals surface area contributed by atoms with E-state index in [0.717, 1.165) is 24.3 Å². The van der Waals surface area contributed by atoms with Gasteiger partial charge in [-0.2, -0.15) is 0 Å². The normalized spacial score (nSPS) is 12.2. The van der Waals surface area contributed by atoms with Crippen LogP contribution < -0.4 is 10.1 Å². The zero-order valence-electron chi connectivity index (χ0n) is 16.8. The molecule has 0 spiro atoms. The molecule has 0 aliphatic carbocycles. The van der Waals surface area contributed by atoms with Crippen LogP contribution in [0, 0.1) is 16.0 Å². The molecule has 0 saturated carbocycles. The first-order chi connectivity index (χ1) is 14.9. The summed E-state index contributed by atoms with van der Waals surface area (Å²) in [6.45, 7) is 3.07. The van der Waals surface area contributed by atoms with Crippen molar-refractivity contribution in [2.75, 3.05) is 0 Å². The predicted molar refractivity (Wildman–Crippen MR) is 107 cm³/mol. The predicted octanol–water partition coefficient (Wildman–Crippen LogP) is 4.64. The van der Waals surface area contributed by atoms with Crippen molar-refractivity contribution in [3.05, 3.63) is 68.7 Å². The van der Waals surface area contributed by atoms with Gasteiger partial charge in [-0.25, -0.2) is 4.79 Å². The fourth-order valence-corrected chi connectivity index (χ4v) is 2.81. The number of ether oxygens (including phenoxy) is 2. The van der Waals surface area contributed by atoms with E-state index < -0.39 is 35.0 Å². The van der Waals surface area contributed by atoms with Crippen molar-refractivity contribution in [2.45, 2.75) is 32.9 Å². The van der Waals surface area contributed by atoms with E-state index in [0.29, 0.717) is 5.56 Å². The Hall–Kier alpha value is -3.34. The Morgan fingerprint density at radius 2 is 1.78 bits per heavy atom. The summed E-state index contributed by atoms with van der Waals surface area (Å²) >= 11 is 5.94. The largest absolute Gasteiger partial charge is 0.573 e. The Balaban J connectivity index is 2.02. The van der Waals surface area contributed by atoms with Gasteiger partial charge in [-0.05, 0) is 29.7 Å². The maximum Gasteiger partial charge on any atom is 0.573 e. The number of hydrogen-bond acceptors (Lipinski definition) is 6. The van der Waals surface area contributed by atoms with Crippen LogP contribution in [0.25, 0.3) is 0 Å². The second-order valence-corrected chi connectivity index (χ2v) is 7.32. The molecular weight excluding hydrogens is 457 g/mol. The quantitative estimate of drug-likeness (QED) is 0.339. The molecule has 0 saturated heterocycles. The van der Waals surface area contributed by atoms with Gasteiger partial charge in [-0.15, -0.1) is 13.2 Å².